The van der Waals surface area contributed by atoms with Crippen LogP contribution in [0.3, 0.4) is 0 Å². The van der Waals surface area contributed by atoms with Gasteiger partial charge in [-0.15, -0.1) is 0 Å². The Morgan fingerprint density at radius 3 is 2.45 bits per heavy atom. The van der Waals surface area contributed by atoms with Gasteiger partial charge in [0, 0.05) is 5.56 Å². The van der Waals surface area contributed by atoms with Crippen LogP contribution < -0.4 is 11.5 Å². The molecular weight excluding hydrogens is 295 g/mol. The lowest BCUT2D eigenvalue weighted by molar-refractivity contribution is -0.138. The van der Waals surface area contributed by atoms with Crippen molar-refractivity contribution in [2.24, 2.45) is 16.5 Å². The molecule has 7 heteroatoms. The lowest BCUT2D eigenvalue weighted by Crippen LogP contribution is -2.24. The van der Waals surface area contributed by atoms with Crippen LogP contribution in [0.5, 0.6) is 0 Å². The number of benzene rings is 1. The monoisotopic (exact) mass is 313 g/mol. The molecule has 0 aliphatic heterocycles. The fourth-order valence-corrected chi connectivity index (χ4v) is 2.05. The highest BCUT2D eigenvalue weighted by Crippen LogP contribution is 2.34. The summed E-state index contributed by atoms with van der Waals surface area (Å²) in [6, 6.07) is 2.18. The molecule has 0 aromatic heterocycles. The average Bonchev–Trinajstić information content (AvgIpc) is 2.36. The van der Waals surface area contributed by atoms with E-state index in [-0.39, 0.29) is 17.5 Å². The molecule has 1 rings (SSSR count). The molecule has 0 saturated carbocycles. The van der Waals surface area contributed by atoms with Crippen LogP contribution in [0.4, 0.5) is 13.2 Å². The molecule has 1 aromatic carbocycles. The minimum atomic E-state index is -4.55. The van der Waals surface area contributed by atoms with E-state index in [1.54, 1.807) is 26.0 Å². The summed E-state index contributed by atoms with van der Waals surface area (Å²) in [5.74, 6) is -1.38. The number of amides is 1. The largest absolute Gasteiger partial charge is 0.416 e. The first-order valence-corrected chi connectivity index (χ1v) is 6.62. The van der Waals surface area contributed by atoms with Crippen molar-refractivity contribution in [1.82, 2.24) is 0 Å². The third kappa shape index (κ3) is 4.61. The number of alkyl halides is 3. The molecule has 22 heavy (non-hydrogen) atoms. The highest BCUT2D eigenvalue weighted by atomic mass is 19.4. The number of aliphatic imine (C=N–C) groups is 1. The number of rotatable bonds is 4. The average molecular weight is 313 g/mol. The zero-order valence-electron chi connectivity index (χ0n) is 12.4. The van der Waals surface area contributed by atoms with Crippen LogP contribution in [0.25, 0.3) is 0 Å². The van der Waals surface area contributed by atoms with E-state index in [4.69, 9.17) is 11.5 Å². The van der Waals surface area contributed by atoms with Gasteiger partial charge in [0.15, 0.2) is 5.96 Å². The van der Waals surface area contributed by atoms with E-state index in [2.05, 4.69) is 4.99 Å². The van der Waals surface area contributed by atoms with Gasteiger partial charge >= 0.3 is 6.18 Å². The number of nitrogens with two attached hydrogens (primary N) is 2. The van der Waals surface area contributed by atoms with Crippen molar-refractivity contribution in [3.8, 4) is 0 Å². The van der Waals surface area contributed by atoms with Crippen molar-refractivity contribution >= 4 is 11.9 Å². The number of nitrogens with zero attached hydrogens (tertiary/aromatic N) is 1. The Bertz CT molecular complexity index is 615. The van der Waals surface area contributed by atoms with Gasteiger partial charge in [0.2, 0.25) is 0 Å². The van der Waals surface area contributed by atoms with Crippen LogP contribution in [0.2, 0.25) is 0 Å². The van der Waals surface area contributed by atoms with E-state index < -0.39 is 23.6 Å². The molecule has 120 valence electrons. The maximum Gasteiger partial charge on any atom is 0.416 e. The van der Waals surface area contributed by atoms with Crippen molar-refractivity contribution < 1.29 is 18.0 Å². The van der Waals surface area contributed by atoms with Crippen LogP contribution in [0.15, 0.2) is 29.3 Å². The molecule has 0 radical (unpaired) electrons. The number of hydrogen-bond donors (Lipinski definition) is 2. The second-order valence-corrected chi connectivity index (χ2v) is 4.77. The van der Waals surface area contributed by atoms with E-state index in [9.17, 15) is 18.0 Å². The fraction of sp³-hybridized carbons (Fsp3) is 0.333. The summed E-state index contributed by atoms with van der Waals surface area (Å²) in [7, 11) is 0. The smallest absolute Gasteiger partial charge is 0.370 e. The van der Waals surface area contributed by atoms with E-state index in [0.29, 0.717) is 12.0 Å². The van der Waals surface area contributed by atoms with Crippen LogP contribution in [0.1, 0.15) is 40.4 Å². The Morgan fingerprint density at radius 1 is 1.32 bits per heavy atom. The highest BCUT2D eigenvalue weighted by Gasteiger charge is 2.34. The third-order valence-electron chi connectivity index (χ3n) is 3.03. The van der Waals surface area contributed by atoms with Crippen LogP contribution in [-0.2, 0) is 12.6 Å². The van der Waals surface area contributed by atoms with E-state index >= 15 is 0 Å². The van der Waals surface area contributed by atoms with Gasteiger partial charge in [0.25, 0.3) is 5.91 Å². The van der Waals surface area contributed by atoms with E-state index in [1.165, 1.54) is 6.07 Å². The molecule has 0 fully saturated rings. The summed E-state index contributed by atoms with van der Waals surface area (Å²) in [6.45, 7) is 3.35. The van der Waals surface area contributed by atoms with E-state index in [1.807, 2.05) is 0 Å². The van der Waals surface area contributed by atoms with Gasteiger partial charge in [-0.3, -0.25) is 4.79 Å². The zero-order chi connectivity index (χ0) is 16.9. The summed E-state index contributed by atoms with van der Waals surface area (Å²) in [4.78, 5) is 15.1. The first-order chi connectivity index (χ1) is 10.2. The maximum absolute atomic E-state index is 13.2. The SMILES string of the molecule is C/C=C/CCc1cc(C)c(C(=O)N=C(N)N)cc1C(F)(F)F. The van der Waals surface area contributed by atoms with Crippen molar-refractivity contribution in [2.45, 2.75) is 32.9 Å². The molecule has 4 N–H and O–H groups in total. The molecule has 0 atom stereocenters. The molecule has 0 heterocycles. The molecule has 0 aliphatic carbocycles. The summed E-state index contributed by atoms with van der Waals surface area (Å²) in [6.07, 6.45) is -0.270. The molecule has 0 aliphatic rings. The number of aryl methyl sites for hydroxylation is 2. The molecule has 0 bridgehead atoms. The zero-order valence-corrected chi connectivity index (χ0v) is 12.4. The maximum atomic E-state index is 13.2. The lowest BCUT2D eigenvalue weighted by atomic mass is 9.95. The quantitative estimate of drug-likeness (QED) is 0.509. The molecule has 1 aromatic rings. The predicted molar refractivity (Wildman–Crippen MR) is 79.5 cm³/mol. The fourth-order valence-electron chi connectivity index (χ4n) is 2.05. The number of carbonyl (C=O) groups is 1. The minimum Gasteiger partial charge on any atom is -0.370 e. The minimum absolute atomic E-state index is 0.143. The predicted octanol–water partition coefficient (Wildman–Crippen LogP) is 2.94. The number of halogens is 3. The molecule has 0 unspecified atom stereocenters. The Balaban J connectivity index is 3.35. The number of hydrogen-bond acceptors (Lipinski definition) is 1. The Hall–Kier alpha value is -2.31. The van der Waals surface area contributed by atoms with E-state index in [0.717, 1.165) is 6.07 Å². The topological polar surface area (TPSA) is 81.5 Å². The Labute approximate surface area is 126 Å². The summed E-state index contributed by atoms with van der Waals surface area (Å²) in [5.41, 5.74) is 9.74. The van der Waals surface area contributed by atoms with Gasteiger partial charge in [-0.05, 0) is 43.9 Å². The second-order valence-electron chi connectivity index (χ2n) is 4.77. The molecular formula is C15H18F3N3O. The van der Waals surface area contributed by atoms with Gasteiger partial charge in [-0.1, -0.05) is 18.2 Å². The van der Waals surface area contributed by atoms with Gasteiger partial charge in [0.1, 0.15) is 0 Å². The third-order valence-corrected chi connectivity index (χ3v) is 3.03. The highest BCUT2D eigenvalue weighted by molar-refractivity contribution is 6.03. The number of guanidine groups is 1. The summed E-state index contributed by atoms with van der Waals surface area (Å²) < 4.78 is 39.5. The Kier molecular flexibility index (Phi) is 5.73. The normalized spacial score (nSPS) is 11.7. The summed E-state index contributed by atoms with van der Waals surface area (Å²) in [5, 5.41) is 0. The first-order valence-electron chi connectivity index (χ1n) is 6.62. The van der Waals surface area contributed by atoms with Gasteiger partial charge < -0.3 is 11.5 Å². The first kappa shape index (κ1) is 17.7. The molecule has 0 spiro atoms. The van der Waals surface area contributed by atoms with Crippen molar-refractivity contribution in [2.75, 3.05) is 0 Å². The number of carbonyl (C=O) groups excluding carboxylic acids is 1. The molecule has 1 amide bonds. The lowest BCUT2D eigenvalue weighted by Gasteiger charge is -2.15. The summed E-state index contributed by atoms with van der Waals surface area (Å²) >= 11 is 0. The second kappa shape index (κ2) is 7.11. The van der Waals surface area contributed by atoms with Crippen molar-refractivity contribution in [3.63, 3.8) is 0 Å². The van der Waals surface area contributed by atoms with Gasteiger partial charge in [-0.2, -0.15) is 18.2 Å². The van der Waals surface area contributed by atoms with Crippen LogP contribution >= 0.6 is 0 Å². The van der Waals surface area contributed by atoms with Crippen LogP contribution in [-0.4, -0.2) is 11.9 Å². The van der Waals surface area contributed by atoms with Gasteiger partial charge in [-0.25, -0.2) is 0 Å². The molecule has 4 nitrogen and oxygen atoms in total. The number of allylic oxidation sites excluding steroid dienone is 2. The van der Waals surface area contributed by atoms with Crippen molar-refractivity contribution in [1.29, 1.82) is 0 Å². The van der Waals surface area contributed by atoms with Gasteiger partial charge in [0.05, 0.1) is 5.56 Å². The Morgan fingerprint density at radius 2 is 1.95 bits per heavy atom. The molecule has 0 saturated heterocycles. The van der Waals surface area contributed by atoms with Crippen LogP contribution in [0, 0.1) is 6.92 Å². The van der Waals surface area contributed by atoms with Crippen molar-refractivity contribution in [3.05, 3.63) is 46.5 Å². The standard InChI is InChI=1S/C15H18F3N3O/c1-3-4-5-6-10-7-9(2)11(13(22)21-14(19)20)8-12(10)15(16,17)18/h3-4,7-8H,5-6H2,1-2H3,(H4,19,20,21,22)/b4-3+.